The molecule has 13 heteroatoms. The van der Waals surface area contributed by atoms with Crippen LogP contribution in [0, 0.1) is 0 Å². The minimum Gasteiger partial charge on any atom is -0.494 e. The molecule has 0 unspecified atom stereocenters. The number of morpholine rings is 1. The number of methoxy groups -OCH3 is 1. The zero-order valence-electron chi connectivity index (χ0n) is 21.1. The van der Waals surface area contributed by atoms with Gasteiger partial charge in [0.05, 0.1) is 37.0 Å². The molecule has 0 spiro atoms. The number of imidazole rings is 1. The van der Waals surface area contributed by atoms with Gasteiger partial charge in [0.1, 0.15) is 33.0 Å². The van der Waals surface area contributed by atoms with Gasteiger partial charge in [0.15, 0.2) is 5.82 Å². The summed E-state index contributed by atoms with van der Waals surface area (Å²) in [5, 5.41) is 7.97. The summed E-state index contributed by atoms with van der Waals surface area (Å²) in [6, 6.07) is 5.71. The van der Waals surface area contributed by atoms with E-state index >= 15 is 0 Å². The summed E-state index contributed by atoms with van der Waals surface area (Å²) in [7, 11) is 3.40. The molecule has 1 saturated heterocycles. The summed E-state index contributed by atoms with van der Waals surface area (Å²) in [6.45, 7) is 4.71. The van der Waals surface area contributed by atoms with Crippen LogP contribution < -0.4 is 20.5 Å². The second-order valence-electron chi connectivity index (χ2n) is 9.27. The molecular formula is C25H27N9O3S. The lowest BCUT2D eigenvalue weighted by molar-refractivity contribution is 0.122. The molecule has 6 rings (SSSR count). The SMILES string of the molecule is COc1cc(N2CCOCC2)cc2[nH]c(-c3c(N[C@@](C)(S)c4ncccn4)c4nn(C)cc4[nH]c3=O)nc12. The van der Waals surface area contributed by atoms with E-state index in [9.17, 15) is 4.79 Å². The van der Waals surface area contributed by atoms with Crippen LogP contribution in [0.15, 0.2) is 41.6 Å². The monoisotopic (exact) mass is 533 g/mol. The van der Waals surface area contributed by atoms with E-state index in [0.29, 0.717) is 58.4 Å². The van der Waals surface area contributed by atoms with Crippen molar-refractivity contribution in [2.45, 2.75) is 11.8 Å². The smallest absolute Gasteiger partial charge is 0.261 e. The Kier molecular flexibility index (Phi) is 5.95. The fourth-order valence-corrected chi connectivity index (χ4v) is 4.96. The molecule has 196 valence electrons. The number of pyridine rings is 1. The Morgan fingerprint density at radius 3 is 2.63 bits per heavy atom. The van der Waals surface area contributed by atoms with E-state index in [4.69, 9.17) is 27.1 Å². The predicted molar refractivity (Wildman–Crippen MR) is 148 cm³/mol. The number of aromatic amines is 2. The van der Waals surface area contributed by atoms with Crippen molar-refractivity contribution < 1.29 is 9.47 Å². The molecule has 1 fully saturated rings. The Hall–Kier alpha value is -4.10. The number of thiol groups is 1. The molecule has 0 aliphatic carbocycles. The lowest BCUT2D eigenvalue weighted by Crippen LogP contribution is -2.36. The number of rotatable bonds is 6. The molecule has 5 aromatic rings. The van der Waals surface area contributed by atoms with Gasteiger partial charge in [-0.2, -0.15) is 5.10 Å². The molecule has 4 aromatic heterocycles. The van der Waals surface area contributed by atoms with Crippen LogP contribution in [-0.4, -0.2) is 68.1 Å². The molecule has 1 aromatic carbocycles. The summed E-state index contributed by atoms with van der Waals surface area (Å²) in [5.41, 5.74) is 3.89. The van der Waals surface area contributed by atoms with Crippen molar-refractivity contribution in [3.05, 3.63) is 53.0 Å². The first-order valence-electron chi connectivity index (χ1n) is 12.1. The van der Waals surface area contributed by atoms with Crippen molar-refractivity contribution >= 4 is 46.1 Å². The van der Waals surface area contributed by atoms with E-state index in [1.807, 2.05) is 19.1 Å². The molecule has 0 amide bonds. The fourth-order valence-electron chi connectivity index (χ4n) is 4.73. The lowest BCUT2D eigenvalue weighted by Gasteiger charge is -2.29. The van der Waals surface area contributed by atoms with Crippen LogP contribution in [0.25, 0.3) is 33.5 Å². The summed E-state index contributed by atoms with van der Waals surface area (Å²) in [4.78, 5) is 34.5. The van der Waals surface area contributed by atoms with Crippen LogP contribution in [-0.2, 0) is 16.7 Å². The molecule has 1 aliphatic heterocycles. The highest BCUT2D eigenvalue weighted by Gasteiger charge is 2.30. The van der Waals surface area contributed by atoms with E-state index in [1.165, 1.54) is 0 Å². The molecule has 12 nitrogen and oxygen atoms in total. The number of aryl methyl sites for hydroxylation is 1. The molecule has 0 saturated carbocycles. The first-order valence-corrected chi connectivity index (χ1v) is 12.6. The molecule has 0 bridgehead atoms. The largest absolute Gasteiger partial charge is 0.494 e. The molecule has 1 atom stereocenters. The number of ether oxygens (including phenoxy) is 2. The molecule has 0 radical (unpaired) electrons. The average molecular weight is 534 g/mol. The average Bonchev–Trinajstić information content (AvgIpc) is 3.51. The van der Waals surface area contributed by atoms with Gasteiger partial charge in [-0.15, -0.1) is 12.6 Å². The fraction of sp³-hybridized carbons (Fsp3) is 0.320. The van der Waals surface area contributed by atoms with E-state index in [2.05, 4.69) is 35.3 Å². The van der Waals surface area contributed by atoms with Gasteiger partial charge in [-0.25, -0.2) is 15.0 Å². The van der Waals surface area contributed by atoms with E-state index < -0.39 is 4.87 Å². The molecular weight excluding hydrogens is 506 g/mol. The van der Waals surface area contributed by atoms with Gasteiger partial charge in [-0.1, -0.05) is 0 Å². The van der Waals surface area contributed by atoms with Gasteiger partial charge in [0.25, 0.3) is 5.56 Å². The van der Waals surface area contributed by atoms with Gasteiger partial charge >= 0.3 is 0 Å². The summed E-state index contributed by atoms with van der Waals surface area (Å²) < 4.78 is 12.8. The maximum absolute atomic E-state index is 13.5. The number of hydrogen-bond acceptors (Lipinski definition) is 10. The zero-order chi connectivity index (χ0) is 26.4. The first kappa shape index (κ1) is 24.2. The third-order valence-corrected chi connectivity index (χ3v) is 6.84. The van der Waals surface area contributed by atoms with Crippen molar-refractivity contribution in [3.8, 4) is 17.1 Å². The minimum atomic E-state index is -1.03. The maximum atomic E-state index is 13.5. The van der Waals surface area contributed by atoms with Gasteiger partial charge in [-0.3, -0.25) is 9.48 Å². The van der Waals surface area contributed by atoms with E-state index in [0.717, 1.165) is 24.3 Å². The lowest BCUT2D eigenvalue weighted by atomic mass is 10.1. The number of fused-ring (bicyclic) bond motifs is 2. The van der Waals surface area contributed by atoms with Crippen molar-refractivity contribution in [2.24, 2.45) is 7.05 Å². The number of anilines is 2. The Morgan fingerprint density at radius 2 is 1.89 bits per heavy atom. The van der Waals surface area contributed by atoms with E-state index in [1.54, 1.807) is 43.5 Å². The topological polar surface area (TPSA) is 139 Å². The number of nitrogens with one attached hydrogen (secondary N) is 3. The Balaban J connectivity index is 1.53. The highest BCUT2D eigenvalue weighted by molar-refractivity contribution is 7.81. The third kappa shape index (κ3) is 4.23. The Morgan fingerprint density at radius 1 is 1.13 bits per heavy atom. The number of benzene rings is 1. The van der Waals surface area contributed by atoms with Crippen LogP contribution in [0.4, 0.5) is 11.4 Å². The first-order chi connectivity index (χ1) is 18.3. The molecule has 5 heterocycles. The Bertz CT molecular complexity index is 1690. The molecule has 3 N–H and O–H groups in total. The van der Waals surface area contributed by atoms with Gasteiger partial charge < -0.3 is 29.7 Å². The van der Waals surface area contributed by atoms with Gasteiger partial charge in [0, 0.05) is 50.5 Å². The van der Waals surface area contributed by atoms with Crippen molar-refractivity contribution in [1.29, 1.82) is 0 Å². The third-order valence-electron chi connectivity index (χ3n) is 6.53. The highest BCUT2D eigenvalue weighted by atomic mass is 32.1. The number of H-pyrrole nitrogens is 2. The highest BCUT2D eigenvalue weighted by Crippen LogP contribution is 2.37. The van der Waals surface area contributed by atoms with Gasteiger partial charge in [-0.05, 0) is 19.1 Å². The van der Waals surface area contributed by atoms with Gasteiger partial charge in [0.2, 0.25) is 0 Å². The summed E-state index contributed by atoms with van der Waals surface area (Å²) in [6.07, 6.45) is 5.03. The predicted octanol–water partition coefficient (Wildman–Crippen LogP) is 2.65. The van der Waals surface area contributed by atoms with Crippen molar-refractivity contribution in [3.63, 3.8) is 0 Å². The van der Waals surface area contributed by atoms with Crippen molar-refractivity contribution in [1.82, 2.24) is 34.7 Å². The maximum Gasteiger partial charge on any atom is 0.261 e. The van der Waals surface area contributed by atoms with Crippen LogP contribution >= 0.6 is 12.6 Å². The normalized spacial score (nSPS) is 15.6. The zero-order valence-corrected chi connectivity index (χ0v) is 22.0. The van der Waals surface area contributed by atoms with Crippen molar-refractivity contribution in [2.75, 3.05) is 43.6 Å². The standard InChI is InChI=1S/C25H27N9O3S/c1-25(38,24-26-5-4-6-27-24)31-21-18(23(35)29-16-13-33(2)32-20(16)21)22-28-15-11-14(34-7-9-37-10-8-34)12-17(36-3)19(15)30-22/h4-6,11-13,31,38H,7-10H2,1-3H3,(H,28,30)(H,29,35)/t25-/m0/s1. The summed E-state index contributed by atoms with van der Waals surface area (Å²) in [5.74, 6) is 1.42. The van der Waals surface area contributed by atoms with Crippen LogP contribution in [0.2, 0.25) is 0 Å². The van der Waals surface area contributed by atoms with E-state index in [-0.39, 0.29) is 5.56 Å². The van der Waals surface area contributed by atoms with Crippen LogP contribution in [0.3, 0.4) is 0 Å². The quantitative estimate of drug-likeness (QED) is 0.192. The molecule has 38 heavy (non-hydrogen) atoms. The Labute approximate surface area is 222 Å². The second-order valence-corrected chi connectivity index (χ2v) is 10.2. The van der Waals surface area contributed by atoms with Crippen LogP contribution in [0.5, 0.6) is 5.75 Å². The van der Waals surface area contributed by atoms with Crippen LogP contribution in [0.1, 0.15) is 12.7 Å². The number of aromatic nitrogens is 7. The summed E-state index contributed by atoms with van der Waals surface area (Å²) >= 11 is 4.82. The second kappa shape index (κ2) is 9.33. The minimum absolute atomic E-state index is 0.290. The molecule has 1 aliphatic rings. The number of hydrogen-bond donors (Lipinski definition) is 4. The number of nitrogens with zero attached hydrogens (tertiary/aromatic N) is 6.